The van der Waals surface area contributed by atoms with Crippen molar-refractivity contribution in [1.82, 2.24) is 10.6 Å². The molecule has 0 spiro atoms. The molecule has 0 aromatic carbocycles. The van der Waals surface area contributed by atoms with E-state index in [2.05, 4.69) is 10.6 Å². The Balaban J connectivity index is 4.59. The summed E-state index contributed by atoms with van der Waals surface area (Å²) >= 11 is 0. The van der Waals surface area contributed by atoms with Gasteiger partial charge in [-0.2, -0.15) is 0 Å². The molecule has 0 saturated heterocycles. The molecule has 2 atom stereocenters. The van der Waals surface area contributed by atoms with Crippen LogP contribution in [0.25, 0.3) is 0 Å². The molecular formula is C14H25N2O3. The second-order valence-corrected chi connectivity index (χ2v) is 5.69. The molecule has 0 aromatic rings. The molecule has 0 aliphatic rings. The Morgan fingerprint density at radius 1 is 1.00 bits per heavy atom. The van der Waals surface area contributed by atoms with Crippen molar-refractivity contribution in [3.05, 3.63) is 0 Å². The maximum Gasteiger partial charge on any atom is 0.243 e. The normalized spacial score (nSPS) is 14.1. The van der Waals surface area contributed by atoms with Gasteiger partial charge in [-0.3, -0.25) is 14.4 Å². The fraction of sp³-hybridized carbons (Fsp3) is 0.786. The molecule has 19 heavy (non-hydrogen) atoms. The van der Waals surface area contributed by atoms with Gasteiger partial charge in [0.25, 0.3) is 0 Å². The number of hydrogen-bond donors (Lipinski definition) is 2. The Morgan fingerprint density at radius 3 is 1.89 bits per heavy atom. The van der Waals surface area contributed by atoms with Crippen LogP contribution in [0.2, 0.25) is 0 Å². The van der Waals surface area contributed by atoms with Crippen molar-refractivity contribution in [2.45, 2.75) is 59.5 Å². The summed E-state index contributed by atoms with van der Waals surface area (Å²) in [5, 5.41) is 5.24. The van der Waals surface area contributed by atoms with Crippen LogP contribution in [0.4, 0.5) is 0 Å². The lowest BCUT2D eigenvalue weighted by Crippen LogP contribution is -2.50. The van der Waals surface area contributed by atoms with E-state index in [1.165, 1.54) is 6.92 Å². The van der Waals surface area contributed by atoms with Gasteiger partial charge >= 0.3 is 0 Å². The molecular weight excluding hydrogens is 244 g/mol. The SMILES string of the molecule is CC(=O)N[C@@H](CC(C)C)C(=O)N[C@H]([C]=O)CC(C)C. The van der Waals surface area contributed by atoms with Crippen molar-refractivity contribution in [1.29, 1.82) is 0 Å². The van der Waals surface area contributed by atoms with Crippen LogP contribution in [0.15, 0.2) is 0 Å². The van der Waals surface area contributed by atoms with E-state index in [0.29, 0.717) is 12.8 Å². The fourth-order valence-electron chi connectivity index (χ4n) is 1.83. The number of carbonyl (C=O) groups excluding carboxylic acids is 3. The topological polar surface area (TPSA) is 75.3 Å². The molecule has 0 fully saturated rings. The predicted octanol–water partition coefficient (Wildman–Crippen LogP) is 1.18. The zero-order valence-electron chi connectivity index (χ0n) is 12.4. The Hall–Kier alpha value is -1.39. The van der Waals surface area contributed by atoms with Gasteiger partial charge in [0.1, 0.15) is 6.04 Å². The van der Waals surface area contributed by atoms with Crippen molar-refractivity contribution in [3.63, 3.8) is 0 Å². The van der Waals surface area contributed by atoms with E-state index in [-0.39, 0.29) is 23.7 Å². The third-order valence-corrected chi connectivity index (χ3v) is 2.57. The lowest BCUT2D eigenvalue weighted by molar-refractivity contribution is -0.128. The Morgan fingerprint density at radius 2 is 1.53 bits per heavy atom. The maximum atomic E-state index is 12.1. The van der Waals surface area contributed by atoms with Gasteiger partial charge in [0, 0.05) is 6.92 Å². The van der Waals surface area contributed by atoms with Crippen molar-refractivity contribution >= 4 is 18.1 Å². The summed E-state index contributed by atoms with van der Waals surface area (Å²) < 4.78 is 0. The number of amides is 2. The van der Waals surface area contributed by atoms with Gasteiger partial charge in [0.2, 0.25) is 18.1 Å². The van der Waals surface area contributed by atoms with Crippen LogP contribution in [0.1, 0.15) is 47.5 Å². The van der Waals surface area contributed by atoms with Crippen LogP contribution in [-0.4, -0.2) is 30.2 Å². The minimum atomic E-state index is -0.615. The van der Waals surface area contributed by atoms with E-state index in [1.54, 1.807) is 0 Å². The summed E-state index contributed by atoms with van der Waals surface area (Å²) in [6.07, 6.45) is 2.92. The van der Waals surface area contributed by atoms with Gasteiger partial charge in [-0.1, -0.05) is 27.7 Å². The average Bonchev–Trinajstić information content (AvgIpc) is 2.25. The highest BCUT2D eigenvalue weighted by Crippen LogP contribution is 2.07. The van der Waals surface area contributed by atoms with Crippen LogP contribution in [0.3, 0.4) is 0 Å². The first-order chi connectivity index (χ1) is 8.76. The van der Waals surface area contributed by atoms with Crippen molar-refractivity contribution in [2.75, 3.05) is 0 Å². The molecule has 0 aliphatic heterocycles. The van der Waals surface area contributed by atoms with Crippen LogP contribution >= 0.6 is 0 Å². The van der Waals surface area contributed by atoms with Crippen molar-refractivity contribution in [2.24, 2.45) is 11.8 Å². The molecule has 109 valence electrons. The number of hydrogen-bond acceptors (Lipinski definition) is 3. The Bertz CT molecular complexity index is 314. The van der Waals surface area contributed by atoms with Crippen LogP contribution in [0.5, 0.6) is 0 Å². The molecule has 0 aliphatic carbocycles. The number of rotatable bonds is 8. The summed E-state index contributed by atoms with van der Waals surface area (Å²) in [7, 11) is 0. The highest BCUT2D eigenvalue weighted by Gasteiger charge is 2.23. The van der Waals surface area contributed by atoms with Crippen LogP contribution in [0, 0.1) is 11.8 Å². The minimum Gasteiger partial charge on any atom is -0.345 e. The van der Waals surface area contributed by atoms with E-state index < -0.39 is 12.1 Å². The van der Waals surface area contributed by atoms with Crippen molar-refractivity contribution < 1.29 is 14.4 Å². The summed E-state index contributed by atoms with van der Waals surface area (Å²) in [5.74, 6) is -0.0170. The van der Waals surface area contributed by atoms with E-state index in [4.69, 9.17) is 0 Å². The predicted molar refractivity (Wildman–Crippen MR) is 74.1 cm³/mol. The molecule has 2 N–H and O–H groups in total. The lowest BCUT2D eigenvalue weighted by Gasteiger charge is -2.22. The minimum absolute atomic E-state index is 0.253. The molecule has 1 radical (unpaired) electrons. The zero-order chi connectivity index (χ0) is 15.0. The zero-order valence-corrected chi connectivity index (χ0v) is 12.4. The lowest BCUT2D eigenvalue weighted by atomic mass is 10.0. The number of carbonyl (C=O) groups is 2. The Kier molecular flexibility index (Phi) is 8.03. The monoisotopic (exact) mass is 269 g/mol. The van der Waals surface area contributed by atoms with Gasteiger partial charge in [-0.25, -0.2) is 0 Å². The van der Waals surface area contributed by atoms with Gasteiger partial charge in [0.15, 0.2) is 0 Å². The van der Waals surface area contributed by atoms with Crippen LogP contribution < -0.4 is 10.6 Å². The molecule has 0 unspecified atom stereocenters. The summed E-state index contributed by atoms with van der Waals surface area (Å²) in [6.45, 7) is 9.25. The molecule has 5 heteroatoms. The van der Waals surface area contributed by atoms with Gasteiger partial charge in [-0.05, 0) is 24.7 Å². The molecule has 0 bridgehead atoms. The Labute approximate surface area is 115 Å². The van der Waals surface area contributed by atoms with Gasteiger partial charge in [0.05, 0.1) is 6.04 Å². The highest BCUT2D eigenvalue weighted by molar-refractivity contribution is 5.88. The second-order valence-electron chi connectivity index (χ2n) is 5.69. The molecule has 0 heterocycles. The van der Waals surface area contributed by atoms with E-state index >= 15 is 0 Å². The molecule has 2 amide bonds. The molecule has 0 rings (SSSR count). The van der Waals surface area contributed by atoms with Crippen molar-refractivity contribution in [3.8, 4) is 0 Å². The average molecular weight is 269 g/mol. The maximum absolute atomic E-state index is 12.1. The molecule has 0 saturated carbocycles. The smallest absolute Gasteiger partial charge is 0.243 e. The van der Waals surface area contributed by atoms with Gasteiger partial charge < -0.3 is 10.6 Å². The first-order valence-electron chi connectivity index (χ1n) is 6.71. The van der Waals surface area contributed by atoms with E-state index in [0.717, 1.165) is 0 Å². The largest absolute Gasteiger partial charge is 0.345 e. The summed E-state index contributed by atoms with van der Waals surface area (Å²) in [4.78, 5) is 34.0. The first kappa shape index (κ1) is 17.6. The first-order valence-corrected chi connectivity index (χ1v) is 6.71. The summed E-state index contributed by atoms with van der Waals surface area (Å²) in [5.41, 5.74) is 0. The standard InChI is InChI=1S/C14H25N2O3/c1-9(2)6-12(8-17)16-14(19)13(7-10(3)4)15-11(5)18/h9-10,12-13H,6-7H2,1-5H3,(H,15,18)(H,16,19)/t12-,13-/m0/s1. The summed E-state index contributed by atoms with van der Waals surface area (Å²) in [6, 6.07) is -1.21. The van der Waals surface area contributed by atoms with Crippen LogP contribution in [-0.2, 0) is 14.4 Å². The number of nitrogens with one attached hydrogen (secondary N) is 2. The quantitative estimate of drug-likeness (QED) is 0.694. The molecule has 0 aromatic heterocycles. The molecule has 5 nitrogen and oxygen atoms in total. The third-order valence-electron chi connectivity index (χ3n) is 2.57. The highest BCUT2D eigenvalue weighted by atomic mass is 16.2. The third kappa shape index (κ3) is 8.35. The van der Waals surface area contributed by atoms with E-state index in [9.17, 15) is 14.4 Å². The van der Waals surface area contributed by atoms with Gasteiger partial charge in [-0.15, -0.1) is 0 Å². The second kappa shape index (κ2) is 8.67. The van der Waals surface area contributed by atoms with E-state index in [1.807, 2.05) is 34.0 Å². The fourth-order valence-corrected chi connectivity index (χ4v) is 1.83.